The molecule has 2 aromatic carbocycles. The summed E-state index contributed by atoms with van der Waals surface area (Å²) in [6, 6.07) is 14.7. The maximum absolute atomic E-state index is 13.6. The maximum atomic E-state index is 13.6. The largest absolute Gasteiger partial charge is 0.427 e. The Balaban J connectivity index is 1.68. The van der Waals surface area contributed by atoms with Crippen molar-refractivity contribution in [1.82, 2.24) is 4.31 Å². The van der Waals surface area contributed by atoms with Crippen LogP contribution in [-0.4, -0.2) is 36.5 Å². The van der Waals surface area contributed by atoms with Crippen LogP contribution >= 0.6 is 11.3 Å². The van der Waals surface area contributed by atoms with Crippen molar-refractivity contribution in [2.45, 2.75) is 37.8 Å². The van der Waals surface area contributed by atoms with E-state index in [1.807, 2.05) is 12.3 Å². The highest BCUT2D eigenvalue weighted by atomic mass is 32.2. The Hall–Kier alpha value is -3.34. The molecule has 0 spiro atoms. The normalized spacial score (nSPS) is 16.3. The first-order valence-electron chi connectivity index (χ1n) is 10.4. The first kappa shape index (κ1) is 23.8. The lowest BCUT2D eigenvalue weighted by Gasteiger charge is -2.26. The SMILES string of the molecule is CC(=O)Oc1ccc(N2C(=O)CC(N(Cc3cccs3)S(=O)(=O)c3ccc(C)cc3)C2=O)cc1. The molecule has 10 heteroatoms. The van der Waals surface area contributed by atoms with Crippen LogP contribution in [-0.2, 0) is 31.0 Å². The second kappa shape index (κ2) is 9.49. The predicted molar refractivity (Wildman–Crippen MR) is 127 cm³/mol. The van der Waals surface area contributed by atoms with E-state index in [2.05, 4.69) is 0 Å². The minimum atomic E-state index is -4.08. The molecule has 34 heavy (non-hydrogen) atoms. The molecule has 8 nitrogen and oxygen atoms in total. The zero-order valence-corrected chi connectivity index (χ0v) is 20.1. The summed E-state index contributed by atoms with van der Waals surface area (Å²) in [5, 5.41) is 1.82. The van der Waals surface area contributed by atoms with Crippen LogP contribution in [0.1, 0.15) is 23.8 Å². The number of amides is 2. The van der Waals surface area contributed by atoms with Gasteiger partial charge in [-0.15, -0.1) is 11.3 Å². The molecular weight excluding hydrogens is 476 g/mol. The van der Waals surface area contributed by atoms with Crippen LogP contribution in [0.3, 0.4) is 0 Å². The summed E-state index contributed by atoms with van der Waals surface area (Å²) in [4.78, 5) is 39.2. The third kappa shape index (κ3) is 4.79. The minimum Gasteiger partial charge on any atom is -0.427 e. The summed E-state index contributed by atoms with van der Waals surface area (Å²) < 4.78 is 33.3. The van der Waals surface area contributed by atoms with E-state index in [4.69, 9.17) is 4.74 Å². The number of benzene rings is 2. The number of hydrogen-bond donors (Lipinski definition) is 0. The number of ether oxygens (including phenoxy) is 1. The number of sulfonamides is 1. The number of rotatable bonds is 7. The summed E-state index contributed by atoms with van der Waals surface area (Å²) in [6.45, 7) is 3.09. The van der Waals surface area contributed by atoms with Gasteiger partial charge in [-0.2, -0.15) is 4.31 Å². The summed E-state index contributed by atoms with van der Waals surface area (Å²) in [6.07, 6.45) is -0.277. The van der Waals surface area contributed by atoms with Crippen LogP contribution in [0, 0.1) is 6.92 Å². The summed E-state index contributed by atoms with van der Waals surface area (Å²) in [5.41, 5.74) is 1.18. The van der Waals surface area contributed by atoms with Gasteiger partial charge in [-0.25, -0.2) is 13.3 Å². The Labute approximate surface area is 201 Å². The van der Waals surface area contributed by atoms with E-state index < -0.39 is 33.8 Å². The lowest BCUT2D eigenvalue weighted by atomic mass is 10.2. The number of aryl methyl sites for hydroxylation is 1. The van der Waals surface area contributed by atoms with Crippen molar-refractivity contribution in [2.24, 2.45) is 0 Å². The molecule has 1 aliphatic heterocycles. The Bertz CT molecular complexity index is 1320. The molecule has 2 heterocycles. The smallest absolute Gasteiger partial charge is 0.308 e. The number of carbonyl (C=O) groups is 3. The number of thiophene rings is 1. The molecule has 1 aliphatic rings. The molecule has 0 aliphatic carbocycles. The highest BCUT2D eigenvalue weighted by Gasteiger charge is 2.47. The molecule has 1 aromatic heterocycles. The minimum absolute atomic E-state index is 0.0310. The average Bonchev–Trinajstić information content (AvgIpc) is 3.40. The van der Waals surface area contributed by atoms with E-state index >= 15 is 0 Å². The molecular formula is C24H22N2O6S2. The van der Waals surface area contributed by atoms with E-state index in [1.54, 1.807) is 24.3 Å². The van der Waals surface area contributed by atoms with E-state index in [1.165, 1.54) is 54.7 Å². The fourth-order valence-electron chi connectivity index (χ4n) is 3.71. The Kier molecular flexibility index (Phi) is 6.65. The van der Waals surface area contributed by atoms with Crippen LogP contribution in [0.15, 0.2) is 70.9 Å². The molecule has 0 radical (unpaired) electrons. The molecule has 0 saturated carbocycles. The second-order valence-corrected chi connectivity index (χ2v) is 10.7. The van der Waals surface area contributed by atoms with Gasteiger partial charge in [-0.05, 0) is 54.8 Å². The number of imide groups is 1. The Morgan fingerprint density at radius 2 is 1.76 bits per heavy atom. The van der Waals surface area contributed by atoms with Crippen molar-refractivity contribution >= 4 is 44.8 Å². The van der Waals surface area contributed by atoms with Gasteiger partial charge in [0.15, 0.2) is 0 Å². The van der Waals surface area contributed by atoms with E-state index in [0.717, 1.165) is 19.6 Å². The lowest BCUT2D eigenvalue weighted by Crippen LogP contribution is -2.44. The monoisotopic (exact) mass is 498 g/mol. The molecule has 4 rings (SSSR count). The van der Waals surface area contributed by atoms with Crippen molar-refractivity contribution in [1.29, 1.82) is 0 Å². The van der Waals surface area contributed by atoms with Gasteiger partial charge in [0.2, 0.25) is 15.9 Å². The molecule has 2 amide bonds. The number of hydrogen-bond acceptors (Lipinski definition) is 7. The topological polar surface area (TPSA) is 101 Å². The Morgan fingerprint density at radius 3 is 2.35 bits per heavy atom. The van der Waals surface area contributed by atoms with Gasteiger partial charge in [0.25, 0.3) is 5.91 Å². The third-order valence-electron chi connectivity index (χ3n) is 5.35. The molecule has 0 bridgehead atoms. The predicted octanol–water partition coefficient (Wildman–Crippen LogP) is 3.50. The zero-order chi connectivity index (χ0) is 24.5. The average molecular weight is 499 g/mol. The molecule has 1 fully saturated rings. The summed E-state index contributed by atoms with van der Waals surface area (Å²) in [7, 11) is -4.08. The van der Waals surface area contributed by atoms with Crippen molar-refractivity contribution < 1.29 is 27.5 Å². The Morgan fingerprint density at radius 1 is 1.09 bits per heavy atom. The van der Waals surface area contributed by atoms with Crippen LogP contribution in [0.2, 0.25) is 0 Å². The van der Waals surface area contributed by atoms with Gasteiger partial charge < -0.3 is 4.74 Å². The van der Waals surface area contributed by atoms with Crippen molar-refractivity contribution in [3.63, 3.8) is 0 Å². The fourth-order valence-corrected chi connectivity index (χ4v) is 6.05. The van der Waals surface area contributed by atoms with Crippen LogP contribution < -0.4 is 9.64 Å². The third-order valence-corrected chi connectivity index (χ3v) is 8.08. The highest BCUT2D eigenvalue weighted by Crippen LogP contribution is 2.32. The van der Waals surface area contributed by atoms with Gasteiger partial charge in [0.05, 0.1) is 17.0 Å². The van der Waals surface area contributed by atoms with Gasteiger partial charge in [0, 0.05) is 18.3 Å². The van der Waals surface area contributed by atoms with Crippen molar-refractivity contribution in [2.75, 3.05) is 4.90 Å². The second-order valence-electron chi connectivity index (χ2n) is 7.82. The van der Waals surface area contributed by atoms with Crippen molar-refractivity contribution in [3.05, 3.63) is 76.5 Å². The zero-order valence-electron chi connectivity index (χ0n) is 18.5. The molecule has 176 valence electrons. The molecule has 1 unspecified atom stereocenters. The summed E-state index contributed by atoms with van der Waals surface area (Å²) in [5.74, 6) is -1.36. The van der Waals surface area contributed by atoms with E-state index in [9.17, 15) is 22.8 Å². The molecule has 0 N–H and O–H groups in total. The first-order valence-corrected chi connectivity index (χ1v) is 12.7. The quantitative estimate of drug-likeness (QED) is 0.281. The first-order chi connectivity index (χ1) is 16.2. The fraction of sp³-hybridized carbons (Fsp3) is 0.208. The summed E-state index contributed by atoms with van der Waals surface area (Å²) >= 11 is 1.37. The van der Waals surface area contributed by atoms with Gasteiger partial charge >= 0.3 is 5.97 Å². The number of esters is 1. The highest BCUT2D eigenvalue weighted by molar-refractivity contribution is 7.89. The van der Waals surface area contributed by atoms with E-state index in [-0.39, 0.29) is 29.3 Å². The van der Waals surface area contributed by atoms with Crippen molar-refractivity contribution in [3.8, 4) is 5.75 Å². The van der Waals surface area contributed by atoms with Gasteiger partial charge in [0.1, 0.15) is 11.8 Å². The van der Waals surface area contributed by atoms with E-state index in [0.29, 0.717) is 0 Å². The maximum Gasteiger partial charge on any atom is 0.308 e. The standard InChI is InChI=1S/C24H22N2O6S2/c1-16-5-11-21(12-6-16)34(30,31)25(15-20-4-3-13-33-20)22-14-23(28)26(24(22)29)18-7-9-19(10-8-18)32-17(2)27/h3-13,22H,14-15H2,1-2H3. The number of anilines is 1. The van der Waals surface area contributed by atoms with Gasteiger partial charge in [-0.3, -0.25) is 14.4 Å². The number of carbonyl (C=O) groups excluding carboxylic acids is 3. The van der Waals surface area contributed by atoms with Gasteiger partial charge in [-0.1, -0.05) is 23.8 Å². The lowest BCUT2D eigenvalue weighted by molar-refractivity contribution is -0.132. The number of nitrogens with zero attached hydrogens (tertiary/aromatic N) is 2. The van der Waals surface area contributed by atoms with Crippen LogP contribution in [0.25, 0.3) is 0 Å². The molecule has 3 aromatic rings. The molecule has 1 saturated heterocycles. The molecule has 1 atom stereocenters. The van der Waals surface area contributed by atoms with Crippen LogP contribution in [0.5, 0.6) is 5.75 Å². The van der Waals surface area contributed by atoms with Crippen LogP contribution in [0.4, 0.5) is 5.69 Å².